The summed E-state index contributed by atoms with van der Waals surface area (Å²) in [5.41, 5.74) is 1.46. The Morgan fingerprint density at radius 1 is 1.10 bits per heavy atom. The van der Waals surface area contributed by atoms with E-state index in [1.54, 1.807) is 4.90 Å². The Kier molecular flexibility index (Phi) is 3.38. The number of fused-ring (bicyclic) bond motifs is 1. The van der Waals surface area contributed by atoms with Gasteiger partial charge < -0.3 is 4.90 Å². The van der Waals surface area contributed by atoms with Crippen LogP contribution in [0.5, 0.6) is 0 Å². The molecule has 0 radical (unpaired) electrons. The topological polar surface area (TPSA) is 46.1 Å². The van der Waals surface area contributed by atoms with Crippen molar-refractivity contribution in [1.82, 2.24) is 10.2 Å². The number of amides is 1. The number of carbonyl (C=O) groups is 1. The SMILES string of the molecule is CC1(C)C(=O)N(Cc2ccccc2)c2c(Cl)nnc(Cl)c21. The summed E-state index contributed by atoms with van der Waals surface area (Å²) >= 11 is 12.3. The molecule has 0 bridgehead atoms. The quantitative estimate of drug-likeness (QED) is 0.848. The molecule has 2 aromatic rings. The van der Waals surface area contributed by atoms with E-state index in [0.717, 1.165) is 5.56 Å². The molecular formula is C15H13Cl2N3O. The smallest absolute Gasteiger partial charge is 0.237 e. The van der Waals surface area contributed by atoms with Gasteiger partial charge in [0.05, 0.1) is 17.6 Å². The molecule has 0 atom stereocenters. The summed E-state index contributed by atoms with van der Waals surface area (Å²) in [6.07, 6.45) is 0. The van der Waals surface area contributed by atoms with Crippen molar-refractivity contribution in [2.24, 2.45) is 0 Å². The number of hydrogen-bond acceptors (Lipinski definition) is 3. The molecule has 0 fully saturated rings. The Labute approximate surface area is 132 Å². The van der Waals surface area contributed by atoms with Crippen molar-refractivity contribution >= 4 is 34.8 Å². The van der Waals surface area contributed by atoms with Crippen molar-refractivity contribution in [3.63, 3.8) is 0 Å². The van der Waals surface area contributed by atoms with Crippen molar-refractivity contribution < 1.29 is 4.79 Å². The van der Waals surface area contributed by atoms with Crippen LogP contribution in [-0.4, -0.2) is 16.1 Å². The zero-order valence-corrected chi connectivity index (χ0v) is 13.1. The molecule has 3 rings (SSSR count). The zero-order valence-electron chi connectivity index (χ0n) is 11.6. The zero-order chi connectivity index (χ0) is 15.2. The lowest BCUT2D eigenvalue weighted by Crippen LogP contribution is -2.35. The number of hydrogen-bond donors (Lipinski definition) is 0. The lowest BCUT2D eigenvalue weighted by Gasteiger charge is -2.20. The van der Waals surface area contributed by atoms with Crippen molar-refractivity contribution in [2.75, 3.05) is 4.90 Å². The third-order valence-corrected chi connectivity index (χ3v) is 4.24. The normalized spacial score (nSPS) is 16.2. The maximum Gasteiger partial charge on any atom is 0.237 e. The van der Waals surface area contributed by atoms with Gasteiger partial charge in [0.15, 0.2) is 10.3 Å². The van der Waals surface area contributed by atoms with Gasteiger partial charge in [-0.05, 0) is 19.4 Å². The van der Waals surface area contributed by atoms with Gasteiger partial charge in [-0.15, -0.1) is 10.2 Å². The van der Waals surface area contributed by atoms with Crippen LogP contribution < -0.4 is 4.90 Å². The molecule has 0 spiro atoms. The predicted octanol–water partition coefficient (Wildman–Crippen LogP) is 3.61. The molecule has 1 aromatic carbocycles. The molecule has 2 heterocycles. The third kappa shape index (κ3) is 2.19. The largest absolute Gasteiger partial charge is 0.304 e. The Bertz CT molecular complexity index is 716. The van der Waals surface area contributed by atoms with E-state index in [1.165, 1.54) is 0 Å². The van der Waals surface area contributed by atoms with E-state index in [0.29, 0.717) is 17.8 Å². The number of anilines is 1. The first kappa shape index (κ1) is 14.3. The first-order valence-electron chi connectivity index (χ1n) is 6.51. The molecule has 0 N–H and O–H groups in total. The predicted molar refractivity (Wildman–Crippen MR) is 82.7 cm³/mol. The number of rotatable bonds is 2. The molecule has 6 heteroatoms. The summed E-state index contributed by atoms with van der Waals surface area (Å²) < 4.78 is 0. The van der Waals surface area contributed by atoms with E-state index >= 15 is 0 Å². The van der Waals surface area contributed by atoms with E-state index in [2.05, 4.69) is 10.2 Å². The van der Waals surface area contributed by atoms with Crippen molar-refractivity contribution in [3.05, 3.63) is 51.8 Å². The van der Waals surface area contributed by atoms with Crippen LogP contribution in [0.3, 0.4) is 0 Å². The summed E-state index contributed by atoms with van der Waals surface area (Å²) in [5.74, 6) is -0.0556. The van der Waals surface area contributed by atoms with Crippen molar-refractivity contribution in [2.45, 2.75) is 25.8 Å². The molecule has 0 aliphatic carbocycles. The molecular weight excluding hydrogens is 309 g/mol. The van der Waals surface area contributed by atoms with Gasteiger partial charge in [0.2, 0.25) is 5.91 Å². The van der Waals surface area contributed by atoms with Crippen LogP contribution in [0.1, 0.15) is 25.0 Å². The average molecular weight is 322 g/mol. The molecule has 108 valence electrons. The van der Waals surface area contributed by atoms with E-state index in [4.69, 9.17) is 23.2 Å². The fourth-order valence-corrected chi connectivity index (χ4v) is 3.25. The van der Waals surface area contributed by atoms with Gasteiger partial charge in [-0.1, -0.05) is 53.5 Å². The average Bonchev–Trinajstić information content (AvgIpc) is 2.66. The van der Waals surface area contributed by atoms with Gasteiger partial charge >= 0.3 is 0 Å². The van der Waals surface area contributed by atoms with Crippen molar-refractivity contribution in [3.8, 4) is 0 Å². The van der Waals surface area contributed by atoms with Gasteiger partial charge in [-0.3, -0.25) is 4.79 Å². The highest BCUT2D eigenvalue weighted by atomic mass is 35.5. The van der Waals surface area contributed by atoms with Crippen LogP contribution >= 0.6 is 23.2 Å². The highest BCUT2D eigenvalue weighted by Gasteiger charge is 2.47. The molecule has 1 aliphatic rings. The number of carbonyl (C=O) groups excluding carboxylic acids is 1. The fraction of sp³-hybridized carbons (Fsp3) is 0.267. The Morgan fingerprint density at radius 3 is 2.38 bits per heavy atom. The van der Waals surface area contributed by atoms with Crippen LogP contribution in [-0.2, 0) is 16.8 Å². The first-order valence-corrected chi connectivity index (χ1v) is 7.26. The summed E-state index contributed by atoms with van der Waals surface area (Å²) in [5, 5.41) is 8.08. The van der Waals surface area contributed by atoms with Crippen LogP contribution in [0.15, 0.2) is 30.3 Å². The molecule has 1 aliphatic heterocycles. The molecule has 21 heavy (non-hydrogen) atoms. The monoisotopic (exact) mass is 321 g/mol. The van der Waals surface area contributed by atoms with Crippen LogP contribution in [0.4, 0.5) is 5.69 Å². The summed E-state index contributed by atoms with van der Waals surface area (Å²) in [6, 6.07) is 9.72. The van der Waals surface area contributed by atoms with Gasteiger partial charge in [0.1, 0.15) is 0 Å². The van der Waals surface area contributed by atoms with Crippen LogP contribution in [0.2, 0.25) is 10.3 Å². The van der Waals surface area contributed by atoms with Gasteiger partial charge in [-0.2, -0.15) is 0 Å². The lowest BCUT2D eigenvalue weighted by atomic mass is 9.87. The Morgan fingerprint density at radius 2 is 1.71 bits per heavy atom. The number of halogens is 2. The minimum Gasteiger partial charge on any atom is -0.304 e. The second-order valence-electron chi connectivity index (χ2n) is 5.51. The maximum atomic E-state index is 12.7. The standard InChI is InChI=1S/C15H13Cl2N3O/c1-15(2)10-11(13(17)19-18-12(10)16)20(14(15)21)8-9-6-4-3-5-7-9/h3-7H,8H2,1-2H3. The number of benzene rings is 1. The van der Waals surface area contributed by atoms with E-state index in [-0.39, 0.29) is 16.2 Å². The minimum absolute atomic E-state index is 0.0556. The number of nitrogens with zero attached hydrogens (tertiary/aromatic N) is 3. The molecule has 1 amide bonds. The Hall–Kier alpha value is -1.65. The maximum absolute atomic E-state index is 12.7. The molecule has 0 saturated carbocycles. The van der Waals surface area contributed by atoms with E-state index in [9.17, 15) is 4.79 Å². The second kappa shape index (κ2) is 4.97. The molecule has 0 unspecified atom stereocenters. The summed E-state index contributed by atoms with van der Waals surface area (Å²) in [7, 11) is 0. The Balaban J connectivity index is 2.13. The molecule has 1 aromatic heterocycles. The lowest BCUT2D eigenvalue weighted by molar-refractivity contribution is -0.122. The number of aromatic nitrogens is 2. The van der Waals surface area contributed by atoms with Crippen molar-refractivity contribution in [1.29, 1.82) is 0 Å². The second-order valence-corrected chi connectivity index (χ2v) is 6.22. The van der Waals surface area contributed by atoms with E-state index in [1.807, 2.05) is 44.2 Å². The summed E-state index contributed by atoms with van der Waals surface area (Å²) in [6.45, 7) is 4.07. The van der Waals surface area contributed by atoms with Gasteiger partial charge in [0, 0.05) is 5.56 Å². The highest BCUT2D eigenvalue weighted by Crippen LogP contribution is 2.47. The fourth-order valence-electron chi connectivity index (χ4n) is 2.65. The molecule has 0 saturated heterocycles. The molecule has 4 nitrogen and oxygen atoms in total. The highest BCUT2D eigenvalue weighted by molar-refractivity contribution is 6.36. The summed E-state index contributed by atoms with van der Waals surface area (Å²) in [4.78, 5) is 14.4. The van der Waals surface area contributed by atoms with Crippen LogP contribution in [0, 0.1) is 0 Å². The van der Waals surface area contributed by atoms with Gasteiger partial charge in [0.25, 0.3) is 0 Å². The third-order valence-electron chi connectivity index (χ3n) is 3.72. The van der Waals surface area contributed by atoms with Crippen LogP contribution in [0.25, 0.3) is 0 Å². The minimum atomic E-state index is -0.763. The van der Waals surface area contributed by atoms with Gasteiger partial charge in [-0.25, -0.2) is 0 Å². The first-order chi connectivity index (χ1) is 9.93. The van der Waals surface area contributed by atoms with E-state index < -0.39 is 5.41 Å².